The molecule has 0 aliphatic rings. The first kappa shape index (κ1) is 20.9. The van der Waals surface area contributed by atoms with Gasteiger partial charge >= 0.3 is 0 Å². The van der Waals surface area contributed by atoms with Gasteiger partial charge in [-0.05, 0) is 42.8 Å². The normalized spacial score (nSPS) is 13.0. The first-order chi connectivity index (χ1) is 12.4. The van der Waals surface area contributed by atoms with E-state index in [1.54, 1.807) is 37.3 Å². The minimum atomic E-state index is -3.43. The zero-order valence-electron chi connectivity index (χ0n) is 15.5. The van der Waals surface area contributed by atoms with Crippen LogP contribution in [0.5, 0.6) is 0 Å². The summed E-state index contributed by atoms with van der Waals surface area (Å²) in [5, 5.41) is 2.82. The lowest BCUT2D eigenvalue weighted by atomic mass is 10.1. The maximum atomic E-state index is 12.5. The largest absolute Gasteiger partial charge is 0.346 e. The average Bonchev–Trinajstić information content (AvgIpc) is 2.59. The topological polar surface area (TPSA) is 101 Å². The van der Waals surface area contributed by atoms with Crippen LogP contribution in [0.3, 0.4) is 0 Å². The molecular formula is C18H22N2O5S2. The molecule has 0 aromatic heterocycles. The second-order valence-electron chi connectivity index (χ2n) is 6.32. The van der Waals surface area contributed by atoms with E-state index >= 15 is 0 Å². The highest BCUT2D eigenvalue weighted by molar-refractivity contribution is 7.92. The average molecular weight is 411 g/mol. The minimum Gasteiger partial charge on any atom is -0.346 e. The molecule has 0 heterocycles. The smallest absolute Gasteiger partial charge is 0.251 e. The van der Waals surface area contributed by atoms with Gasteiger partial charge < -0.3 is 5.32 Å². The van der Waals surface area contributed by atoms with Crippen LogP contribution < -0.4 is 9.62 Å². The number of carbonyl (C=O) groups is 1. The molecule has 2 aromatic rings. The molecule has 2 rings (SSSR count). The van der Waals surface area contributed by atoms with Crippen LogP contribution in [0, 0.1) is 0 Å². The van der Waals surface area contributed by atoms with Gasteiger partial charge in [0.2, 0.25) is 10.0 Å². The predicted octanol–water partition coefficient (Wildman–Crippen LogP) is 1.98. The SMILES string of the molecule is CC(NC(=O)c1cccc(N(C)S(C)(=O)=O)c1)c1ccc(S(C)(=O)=O)cc1. The van der Waals surface area contributed by atoms with E-state index in [1.165, 1.54) is 25.2 Å². The number of sulfone groups is 1. The van der Waals surface area contributed by atoms with Gasteiger partial charge in [0, 0.05) is 18.9 Å². The first-order valence-corrected chi connectivity index (χ1v) is 11.8. The molecule has 0 aliphatic heterocycles. The highest BCUT2D eigenvalue weighted by atomic mass is 32.2. The Labute approximate surface area is 160 Å². The number of amides is 1. The molecule has 1 unspecified atom stereocenters. The van der Waals surface area contributed by atoms with Gasteiger partial charge in [0.05, 0.1) is 22.9 Å². The maximum absolute atomic E-state index is 12.5. The molecule has 0 bridgehead atoms. The van der Waals surface area contributed by atoms with Gasteiger partial charge in [0.15, 0.2) is 9.84 Å². The Morgan fingerprint density at radius 2 is 1.59 bits per heavy atom. The van der Waals surface area contributed by atoms with Crippen molar-refractivity contribution < 1.29 is 21.6 Å². The van der Waals surface area contributed by atoms with Gasteiger partial charge in [-0.3, -0.25) is 9.10 Å². The van der Waals surface area contributed by atoms with E-state index in [9.17, 15) is 21.6 Å². The lowest BCUT2D eigenvalue weighted by Gasteiger charge is -2.18. The predicted molar refractivity (Wildman–Crippen MR) is 105 cm³/mol. The van der Waals surface area contributed by atoms with Crippen LogP contribution >= 0.6 is 0 Å². The van der Waals surface area contributed by atoms with E-state index in [0.29, 0.717) is 11.3 Å². The van der Waals surface area contributed by atoms with Crippen molar-refractivity contribution in [2.24, 2.45) is 0 Å². The van der Waals surface area contributed by atoms with Crippen LogP contribution in [-0.4, -0.2) is 42.3 Å². The zero-order chi connectivity index (χ0) is 20.4. The Balaban J connectivity index is 2.17. The molecule has 9 heteroatoms. The van der Waals surface area contributed by atoms with Crippen molar-refractivity contribution in [2.75, 3.05) is 23.9 Å². The Hall–Kier alpha value is -2.39. The van der Waals surface area contributed by atoms with Crippen molar-refractivity contribution in [3.63, 3.8) is 0 Å². The van der Waals surface area contributed by atoms with E-state index in [0.717, 1.165) is 22.4 Å². The molecule has 27 heavy (non-hydrogen) atoms. The highest BCUT2D eigenvalue weighted by Gasteiger charge is 2.16. The summed E-state index contributed by atoms with van der Waals surface area (Å²) in [6, 6.07) is 12.2. The summed E-state index contributed by atoms with van der Waals surface area (Å²) in [5.41, 5.74) is 1.46. The second-order valence-corrected chi connectivity index (χ2v) is 10.3. The van der Waals surface area contributed by atoms with Crippen molar-refractivity contribution in [1.82, 2.24) is 5.32 Å². The van der Waals surface area contributed by atoms with Crippen LogP contribution in [0.2, 0.25) is 0 Å². The van der Waals surface area contributed by atoms with Crippen molar-refractivity contribution in [3.05, 3.63) is 59.7 Å². The van der Waals surface area contributed by atoms with Crippen LogP contribution in [0.25, 0.3) is 0 Å². The van der Waals surface area contributed by atoms with E-state index in [-0.39, 0.29) is 16.8 Å². The van der Waals surface area contributed by atoms with E-state index in [1.807, 2.05) is 0 Å². The molecule has 1 N–H and O–H groups in total. The van der Waals surface area contributed by atoms with Gasteiger partial charge in [-0.15, -0.1) is 0 Å². The summed E-state index contributed by atoms with van der Waals surface area (Å²) in [6.07, 6.45) is 2.22. The molecule has 146 valence electrons. The molecule has 0 saturated heterocycles. The number of rotatable bonds is 6. The molecule has 0 aliphatic carbocycles. The number of hydrogen-bond acceptors (Lipinski definition) is 5. The molecule has 1 atom stereocenters. The van der Waals surface area contributed by atoms with Gasteiger partial charge in [0.1, 0.15) is 0 Å². The number of benzene rings is 2. The lowest BCUT2D eigenvalue weighted by Crippen LogP contribution is -2.28. The fourth-order valence-corrected chi connectivity index (χ4v) is 3.53. The minimum absolute atomic E-state index is 0.210. The van der Waals surface area contributed by atoms with E-state index in [2.05, 4.69) is 5.32 Å². The molecule has 1 amide bonds. The molecule has 0 spiro atoms. The first-order valence-electron chi connectivity index (χ1n) is 8.04. The van der Waals surface area contributed by atoms with Gasteiger partial charge in [-0.25, -0.2) is 16.8 Å². The third-order valence-electron chi connectivity index (χ3n) is 4.13. The maximum Gasteiger partial charge on any atom is 0.251 e. The second kappa shape index (κ2) is 7.69. The summed E-state index contributed by atoms with van der Waals surface area (Å²) < 4.78 is 47.4. The number of sulfonamides is 1. The third-order valence-corrected chi connectivity index (χ3v) is 6.46. The fourth-order valence-electron chi connectivity index (χ4n) is 2.40. The Morgan fingerprint density at radius 3 is 2.11 bits per heavy atom. The quantitative estimate of drug-likeness (QED) is 0.785. The van der Waals surface area contributed by atoms with Gasteiger partial charge in [-0.2, -0.15) is 0 Å². The summed E-state index contributed by atoms with van der Waals surface area (Å²) in [5.74, 6) is -0.363. The van der Waals surface area contributed by atoms with E-state index < -0.39 is 19.9 Å². The fraction of sp³-hybridized carbons (Fsp3) is 0.278. The van der Waals surface area contributed by atoms with Crippen LogP contribution in [0.15, 0.2) is 53.4 Å². The monoisotopic (exact) mass is 410 g/mol. The molecule has 7 nitrogen and oxygen atoms in total. The Kier molecular flexibility index (Phi) is 5.96. The molecule has 0 saturated carbocycles. The van der Waals surface area contributed by atoms with Crippen molar-refractivity contribution in [3.8, 4) is 0 Å². The van der Waals surface area contributed by atoms with Crippen molar-refractivity contribution in [2.45, 2.75) is 17.9 Å². The number of anilines is 1. The number of nitrogens with one attached hydrogen (secondary N) is 1. The summed E-state index contributed by atoms with van der Waals surface area (Å²) >= 11 is 0. The van der Waals surface area contributed by atoms with Crippen LogP contribution in [-0.2, 0) is 19.9 Å². The Bertz CT molecular complexity index is 1050. The lowest BCUT2D eigenvalue weighted by molar-refractivity contribution is 0.0940. The summed E-state index contributed by atoms with van der Waals surface area (Å²) in [7, 11) is -5.29. The highest BCUT2D eigenvalue weighted by Crippen LogP contribution is 2.19. The zero-order valence-corrected chi connectivity index (χ0v) is 17.1. The number of nitrogens with zero attached hydrogens (tertiary/aromatic N) is 1. The number of hydrogen-bond donors (Lipinski definition) is 1. The standard InChI is InChI=1S/C18H22N2O5S2/c1-13(14-8-10-17(11-9-14)26(3,22)23)19-18(21)15-6-5-7-16(12-15)20(2)27(4,24)25/h5-13H,1-4H3,(H,19,21). The van der Waals surface area contributed by atoms with Crippen LogP contribution in [0.4, 0.5) is 5.69 Å². The van der Waals surface area contributed by atoms with Crippen molar-refractivity contribution in [1.29, 1.82) is 0 Å². The van der Waals surface area contributed by atoms with Gasteiger partial charge in [0.25, 0.3) is 5.91 Å². The summed E-state index contributed by atoms with van der Waals surface area (Å²) in [4.78, 5) is 12.7. The van der Waals surface area contributed by atoms with E-state index in [4.69, 9.17) is 0 Å². The van der Waals surface area contributed by atoms with Crippen molar-refractivity contribution >= 4 is 31.5 Å². The molecule has 0 fully saturated rings. The third kappa shape index (κ3) is 5.30. The molecule has 2 aromatic carbocycles. The number of carbonyl (C=O) groups excluding carboxylic acids is 1. The molecular weight excluding hydrogens is 388 g/mol. The van der Waals surface area contributed by atoms with Crippen LogP contribution in [0.1, 0.15) is 28.9 Å². The molecule has 0 radical (unpaired) electrons. The summed E-state index contributed by atoms with van der Waals surface area (Å²) in [6.45, 7) is 1.78. The Morgan fingerprint density at radius 1 is 1.00 bits per heavy atom. The van der Waals surface area contributed by atoms with Gasteiger partial charge in [-0.1, -0.05) is 18.2 Å².